The molecule has 0 unspecified atom stereocenters. The number of carbonyl (C=O) groups is 3. The number of hydrogen-bond acceptors (Lipinski definition) is 4. The van der Waals surface area contributed by atoms with Gasteiger partial charge in [0.05, 0.1) is 6.42 Å². The average Bonchev–Trinajstić information content (AvgIpc) is 3.14. The number of ether oxygens (including phenoxy) is 1. The average molecular weight is 465 g/mol. The topological polar surface area (TPSA) is 105 Å². The molecule has 0 saturated carbocycles. The molecule has 0 aromatic heterocycles. The molecular formula is C27H32N2O5. The van der Waals surface area contributed by atoms with Crippen molar-refractivity contribution < 1.29 is 24.2 Å². The number of hydrogen-bond donors (Lipinski definition) is 3. The lowest BCUT2D eigenvalue weighted by Gasteiger charge is -2.17. The van der Waals surface area contributed by atoms with Crippen LogP contribution in [-0.4, -0.2) is 42.3 Å². The van der Waals surface area contributed by atoms with E-state index in [1.54, 1.807) is 13.0 Å². The Morgan fingerprint density at radius 3 is 2.26 bits per heavy atom. The highest BCUT2D eigenvalue weighted by molar-refractivity contribution is 5.93. The van der Waals surface area contributed by atoms with E-state index in [1.165, 1.54) is 0 Å². The Kier molecular flexibility index (Phi) is 8.85. The monoisotopic (exact) mass is 464 g/mol. The van der Waals surface area contributed by atoms with E-state index >= 15 is 0 Å². The fourth-order valence-electron chi connectivity index (χ4n) is 4.22. The molecule has 7 nitrogen and oxygen atoms in total. The van der Waals surface area contributed by atoms with Crippen molar-refractivity contribution in [1.82, 2.24) is 10.6 Å². The van der Waals surface area contributed by atoms with Crippen molar-refractivity contribution in [3.05, 3.63) is 71.3 Å². The second-order valence-corrected chi connectivity index (χ2v) is 8.50. The lowest BCUT2D eigenvalue weighted by Crippen LogP contribution is -2.37. The van der Waals surface area contributed by atoms with Crippen LogP contribution >= 0.6 is 0 Å². The molecule has 0 bridgehead atoms. The summed E-state index contributed by atoms with van der Waals surface area (Å²) in [6.07, 6.45) is 3.29. The van der Waals surface area contributed by atoms with E-state index in [9.17, 15) is 14.4 Å². The van der Waals surface area contributed by atoms with Crippen molar-refractivity contribution in [1.29, 1.82) is 0 Å². The first-order valence-corrected chi connectivity index (χ1v) is 11.7. The van der Waals surface area contributed by atoms with Gasteiger partial charge in [0.25, 0.3) is 0 Å². The SMILES string of the molecule is CCCC[C@@H](CC(=O)O)NC(=O)/C(C)=C/CNC(=O)OCC1c2ccccc2-c2ccccc21. The Labute approximate surface area is 200 Å². The maximum absolute atomic E-state index is 12.4. The lowest BCUT2D eigenvalue weighted by molar-refractivity contribution is -0.137. The van der Waals surface area contributed by atoms with E-state index in [1.807, 2.05) is 31.2 Å². The predicted octanol–water partition coefficient (Wildman–Crippen LogP) is 4.62. The third-order valence-corrected chi connectivity index (χ3v) is 6.02. The molecule has 34 heavy (non-hydrogen) atoms. The highest BCUT2D eigenvalue weighted by Gasteiger charge is 2.28. The minimum Gasteiger partial charge on any atom is -0.481 e. The molecule has 0 saturated heterocycles. The van der Waals surface area contributed by atoms with Gasteiger partial charge in [-0.25, -0.2) is 4.79 Å². The van der Waals surface area contributed by atoms with E-state index in [2.05, 4.69) is 34.9 Å². The lowest BCUT2D eigenvalue weighted by atomic mass is 9.98. The van der Waals surface area contributed by atoms with Crippen molar-refractivity contribution in [3.8, 4) is 11.1 Å². The maximum Gasteiger partial charge on any atom is 0.407 e. The van der Waals surface area contributed by atoms with Crippen molar-refractivity contribution in [2.24, 2.45) is 0 Å². The largest absolute Gasteiger partial charge is 0.481 e. The number of alkyl carbamates (subject to hydrolysis) is 1. The summed E-state index contributed by atoms with van der Waals surface area (Å²) in [6.45, 7) is 4.00. The third-order valence-electron chi connectivity index (χ3n) is 6.02. The molecule has 1 atom stereocenters. The normalized spacial score (nSPS) is 13.5. The van der Waals surface area contributed by atoms with E-state index in [0.717, 1.165) is 35.1 Å². The minimum absolute atomic E-state index is 0.0181. The van der Waals surface area contributed by atoms with Crippen LogP contribution in [0, 0.1) is 0 Å². The first kappa shape index (κ1) is 25.0. The molecule has 2 aromatic carbocycles. The van der Waals surface area contributed by atoms with Gasteiger partial charge in [0.15, 0.2) is 0 Å². The quantitative estimate of drug-likeness (QED) is 0.421. The van der Waals surface area contributed by atoms with Crippen molar-refractivity contribution in [2.45, 2.75) is 51.5 Å². The van der Waals surface area contributed by atoms with Gasteiger partial charge in [-0.05, 0) is 35.6 Å². The van der Waals surface area contributed by atoms with E-state index in [-0.39, 0.29) is 31.4 Å². The molecule has 0 heterocycles. The maximum atomic E-state index is 12.4. The molecule has 7 heteroatoms. The Morgan fingerprint density at radius 2 is 1.68 bits per heavy atom. The van der Waals surface area contributed by atoms with Gasteiger partial charge >= 0.3 is 12.1 Å². The Balaban J connectivity index is 1.49. The van der Waals surface area contributed by atoms with Crippen LogP contribution in [0.5, 0.6) is 0 Å². The van der Waals surface area contributed by atoms with Crippen molar-refractivity contribution in [3.63, 3.8) is 0 Å². The highest BCUT2D eigenvalue weighted by Crippen LogP contribution is 2.44. The molecule has 2 aromatic rings. The van der Waals surface area contributed by atoms with Crippen LogP contribution in [0.3, 0.4) is 0 Å². The van der Waals surface area contributed by atoms with Crippen LogP contribution in [-0.2, 0) is 14.3 Å². The second kappa shape index (κ2) is 12.0. The summed E-state index contributed by atoms with van der Waals surface area (Å²) in [5, 5.41) is 14.5. The van der Waals surface area contributed by atoms with Gasteiger partial charge in [-0.3, -0.25) is 9.59 Å². The highest BCUT2D eigenvalue weighted by atomic mass is 16.5. The first-order valence-electron chi connectivity index (χ1n) is 11.7. The summed E-state index contributed by atoms with van der Waals surface area (Å²) in [7, 11) is 0. The summed E-state index contributed by atoms with van der Waals surface area (Å²) >= 11 is 0. The van der Waals surface area contributed by atoms with Gasteiger partial charge < -0.3 is 20.5 Å². The number of nitrogens with one attached hydrogen (secondary N) is 2. The number of carboxylic acid groups (broad SMARTS) is 1. The fraction of sp³-hybridized carbons (Fsp3) is 0.370. The molecular weight excluding hydrogens is 432 g/mol. The summed E-state index contributed by atoms with van der Waals surface area (Å²) < 4.78 is 5.49. The number of benzene rings is 2. The third kappa shape index (κ3) is 6.47. The van der Waals surface area contributed by atoms with Crippen LogP contribution in [0.25, 0.3) is 11.1 Å². The van der Waals surface area contributed by atoms with E-state index in [4.69, 9.17) is 9.84 Å². The fourth-order valence-corrected chi connectivity index (χ4v) is 4.22. The molecule has 3 N–H and O–H groups in total. The molecule has 2 amide bonds. The van der Waals surface area contributed by atoms with E-state index < -0.39 is 18.1 Å². The molecule has 3 rings (SSSR count). The number of fused-ring (bicyclic) bond motifs is 3. The second-order valence-electron chi connectivity index (χ2n) is 8.50. The van der Waals surface area contributed by atoms with Crippen LogP contribution in [0.2, 0.25) is 0 Å². The zero-order valence-corrected chi connectivity index (χ0v) is 19.7. The number of carboxylic acids is 1. The molecule has 0 fully saturated rings. The summed E-state index contributed by atoms with van der Waals surface area (Å²) in [4.78, 5) is 35.7. The smallest absolute Gasteiger partial charge is 0.407 e. The van der Waals surface area contributed by atoms with Crippen molar-refractivity contribution >= 4 is 18.0 Å². The number of carbonyl (C=O) groups excluding carboxylic acids is 2. The van der Waals surface area contributed by atoms with Crippen molar-refractivity contribution in [2.75, 3.05) is 13.2 Å². The van der Waals surface area contributed by atoms with Gasteiger partial charge in [-0.2, -0.15) is 0 Å². The Morgan fingerprint density at radius 1 is 1.06 bits per heavy atom. The molecule has 0 aliphatic heterocycles. The Hall–Kier alpha value is -3.61. The molecule has 1 aliphatic rings. The number of aliphatic carboxylic acids is 1. The standard InChI is InChI=1S/C27H32N2O5/c1-3-4-9-19(16-25(30)31)29-26(32)18(2)14-15-28-27(33)34-17-24-22-12-7-5-10-20(22)21-11-6-8-13-23(21)24/h5-8,10-14,19,24H,3-4,9,15-17H2,1-2H3,(H,28,33)(H,29,32)(H,30,31)/b18-14+/t19-/m0/s1. The molecule has 0 radical (unpaired) electrons. The summed E-state index contributed by atoms with van der Waals surface area (Å²) in [5.74, 6) is -1.30. The van der Waals surface area contributed by atoms with Gasteiger partial charge in [-0.1, -0.05) is 74.4 Å². The summed E-state index contributed by atoms with van der Waals surface area (Å²) in [5.41, 5.74) is 5.02. The zero-order chi connectivity index (χ0) is 24.5. The zero-order valence-electron chi connectivity index (χ0n) is 19.7. The first-order chi connectivity index (χ1) is 16.4. The van der Waals surface area contributed by atoms with Crippen LogP contribution in [0.15, 0.2) is 60.2 Å². The molecule has 0 spiro atoms. The Bertz CT molecular complexity index is 1020. The van der Waals surface area contributed by atoms with Gasteiger partial charge in [0, 0.05) is 24.1 Å². The van der Waals surface area contributed by atoms with Gasteiger partial charge in [-0.15, -0.1) is 0 Å². The van der Waals surface area contributed by atoms with Gasteiger partial charge in [0.1, 0.15) is 6.61 Å². The summed E-state index contributed by atoms with van der Waals surface area (Å²) in [6, 6.07) is 15.8. The number of unbranched alkanes of at least 4 members (excludes halogenated alkanes) is 1. The van der Waals surface area contributed by atoms with Crippen LogP contribution < -0.4 is 10.6 Å². The van der Waals surface area contributed by atoms with E-state index in [0.29, 0.717) is 12.0 Å². The predicted molar refractivity (Wildman–Crippen MR) is 131 cm³/mol. The van der Waals surface area contributed by atoms with Gasteiger partial charge in [0.2, 0.25) is 5.91 Å². The van der Waals surface area contributed by atoms with Crippen LogP contribution in [0.4, 0.5) is 4.79 Å². The minimum atomic E-state index is -0.944. The molecule has 1 aliphatic carbocycles. The number of rotatable bonds is 11. The number of amides is 2. The van der Waals surface area contributed by atoms with Crippen LogP contribution in [0.1, 0.15) is 56.6 Å². The molecule has 180 valence electrons.